The van der Waals surface area contributed by atoms with Crippen LogP contribution in [0.15, 0.2) is 24.5 Å². The van der Waals surface area contributed by atoms with Crippen LogP contribution in [0.5, 0.6) is 0 Å². The van der Waals surface area contributed by atoms with Crippen LogP contribution in [0.3, 0.4) is 0 Å². The van der Waals surface area contributed by atoms with E-state index in [9.17, 15) is 4.79 Å². The molecule has 3 nitrogen and oxygen atoms in total. The monoisotopic (exact) mass is 163 g/mol. The van der Waals surface area contributed by atoms with E-state index in [-0.39, 0.29) is 0 Å². The Hall–Kier alpha value is -1.64. The summed E-state index contributed by atoms with van der Waals surface area (Å²) in [7, 11) is 0. The maximum absolute atomic E-state index is 10.2. The summed E-state index contributed by atoms with van der Waals surface area (Å²) in [6.07, 6.45) is 6.00. The molecule has 0 aliphatic heterocycles. The molecule has 3 heteroatoms. The van der Waals surface area contributed by atoms with Crippen molar-refractivity contribution in [2.75, 3.05) is 0 Å². The zero-order valence-corrected chi connectivity index (χ0v) is 6.69. The van der Waals surface area contributed by atoms with Gasteiger partial charge in [-0.2, -0.15) is 0 Å². The summed E-state index contributed by atoms with van der Waals surface area (Å²) in [5, 5.41) is 8.36. The molecule has 12 heavy (non-hydrogen) atoms. The second-order valence-corrected chi connectivity index (χ2v) is 2.40. The van der Waals surface area contributed by atoms with Crippen molar-refractivity contribution in [3.05, 3.63) is 35.7 Å². The fourth-order valence-electron chi connectivity index (χ4n) is 0.832. The quantitative estimate of drug-likeness (QED) is 0.672. The van der Waals surface area contributed by atoms with Gasteiger partial charge in [0.05, 0.1) is 0 Å². The Labute approximate surface area is 70.4 Å². The van der Waals surface area contributed by atoms with Crippen LogP contribution in [-0.2, 0) is 4.79 Å². The number of carboxylic acids is 1. The highest BCUT2D eigenvalue weighted by molar-refractivity contribution is 5.85. The molecular weight excluding hydrogens is 154 g/mol. The van der Waals surface area contributed by atoms with Crippen molar-refractivity contribution >= 4 is 12.0 Å². The molecule has 0 atom stereocenters. The minimum Gasteiger partial charge on any atom is -0.478 e. The number of rotatable bonds is 2. The number of aliphatic carboxylic acids is 1. The number of hydrogen-bond donors (Lipinski definition) is 1. The Bertz CT molecular complexity index is 318. The fourth-order valence-corrected chi connectivity index (χ4v) is 0.832. The molecule has 0 unspecified atom stereocenters. The van der Waals surface area contributed by atoms with E-state index in [1.165, 1.54) is 0 Å². The smallest absolute Gasteiger partial charge is 0.328 e. The first kappa shape index (κ1) is 8.46. The molecule has 1 aromatic heterocycles. The van der Waals surface area contributed by atoms with Gasteiger partial charge in [-0.25, -0.2) is 4.79 Å². The maximum Gasteiger partial charge on any atom is 0.328 e. The van der Waals surface area contributed by atoms with Gasteiger partial charge in [0.15, 0.2) is 0 Å². The van der Waals surface area contributed by atoms with Gasteiger partial charge < -0.3 is 5.11 Å². The van der Waals surface area contributed by atoms with Gasteiger partial charge in [-0.05, 0) is 30.2 Å². The van der Waals surface area contributed by atoms with Gasteiger partial charge in [0.25, 0.3) is 0 Å². The van der Waals surface area contributed by atoms with Gasteiger partial charge in [-0.15, -0.1) is 0 Å². The molecule has 0 fully saturated rings. The van der Waals surface area contributed by atoms with Crippen molar-refractivity contribution in [1.29, 1.82) is 0 Å². The molecule has 0 aromatic carbocycles. The highest BCUT2D eigenvalue weighted by Crippen LogP contribution is 2.06. The summed E-state index contributed by atoms with van der Waals surface area (Å²) in [4.78, 5) is 14.1. The summed E-state index contributed by atoms with van der Waals surface area (Å²) in [6.45, 7) is 1.88. The summed E-state index contributed by atoms with van der Waals surface area (Å²) in [5.74, 6) is -0.939. The molecule has 0 aliphatic rings. The average Bonchev–Trinajstić information content (AvgIpc) is 2.03. The maximum atomic E-state index is 10.2. The van der Waals surface area contributed by atoms with Crippen LogP contribution in [-0.4, -0.2) is 16.1 Å². The first-order valence-corrected chi connectivity index (χ1v) is 3.52. The molecule has 0 saturated carbocycles. The van der Waals surface area contributed by atoms with Crippen molar-refractivity contribution < 1.29 is 9.90 Å². The van der Waals surface area contributed by atoms with Gasteiger partial charge >= 0.3 is 5.97 Å². The van der Waals surface area contributed by atoms with Crippen LogP contribution in [0.25, 0.3) is 6.08 Å². The number of pyridine rings is 1. The minimum atomic E-state index is -0.939. The summed E-state index contributed by atoms with van der Waals surface area (Å²) < 4.78 is 0. The van der Waals surface area contributed by atoms with Crippen LogP contribution in [0, 0.1) is 6.92 Å². The van der Waals surface area contributed by atoms with Crippen LogP contribution in [0.2, 0.25) is 0 Å². The molecule has 1 aromatic rings. The van der Waals surface area contributed by atoms with E-state index >= 15 is 0 Å². The van der Waals surface area contributed by atoms with Crippen molar-refractivity contribution in [1.82, 2.24) is 4.98 Å². The van der Waals surface area contributed by atoms with Crippen LogP contribution >= 0.6 is 0 Å². The van der Waals surface area contributed by atoms with E-state index in [1.54, 1.807) is 24.5 Å². The standard InChI is InChI=1S/C9H9NO2/c1-7-6-10-5-4-8(7)2-3-9(11)12/h2-6H,1H3,(H,11,12)/b3-2+. The van der Waals surface area contributed by atoms with E-state index in [0.717, 1.165) is 17.2 Å². The molecule has 1 rings (SSSR count). The van der Waals surface area contributed by atoms with E-state index < -0.39 is 5.97 Å². The summed E-state index contributed by atoms with van der Waals surface area (Å²) in [5.41, 5.74) is 1.85. The van der Waals surface area contributed by atoms with Crippen molar-refractivity contribution in [2.24, 2.45) is 0 Å². The average molecular weight is 163 g/mol. The Morgan fingerprint density at radius 2 is 2.42 bits per heavy atom. The van der Waals surface area contributed by atoms with Crippen molar-refractivity contribution in [3.63, 3.8) is 0 Å². The predicted octanol–water partition coefficient (Wildman–Crippen LogP) is 1.49. The Morgan fingerprint density at radius 1 is 1.67 bits per heavy atom. The Morgan fingerprint density at radius 3 is 3.00 bits per heavy atom. The second kappa shape index (κ2) is 3.67. The van der Waals surface area contributed by atoms with Gasteiger partial charge in [0.1, 0.15) is 0 Å². The largest absolute Gasteiger partial charge is 0.478 e. The number of aryl methyl sites for hydroxylation is 1. The van der Waals surface area contributed by atoms with Gasteiger partial charge in [0, 0.05) is 18.5 Å². The molecule has 0 aliphatic carbocycles. The summed E-state index contributed by atoms with van der Waals surface area (Å²) >= 11 is 0. The molecule has 0 radical (unpaired) electrons. The molecule has 1 N–H and O–H groups in total. The lowest BCUT2D eigenvalue weighted by Crippen LogP contribution is -1.87. The highest BCUT2D eigenvalue weighted by atomic mass is 16.4. The van der Waals surface area contributed by atoms with E-state index in [2.05, 4.69) is 4.98 Å². The molecule has 0 spiro atoms. The van der Waals surface area contributed by atoms with Gasteiger partial charge in [0.2, 0.25) is 0 Å². The zero-order chi connectivity index (χ0) is 8.97. The van der Waals surface area contributed by atoms with E-state index in [1.807, 2.05) is 6.92 Å². The third-order valence-electron chi connectivity index (χ3n) is 1.47. The third-order valence-corrected chi connectivity index (χ3v) is 1.47. The Balaban J connectivity index is 2.89. The van der Waals surface area contributed by atoms with Crippen LogP contribution in [0.1, 0.15) is 11.1 Å². The van der Waals surface area contributed by atoms with Crippen LogP contribution < -0.4 is 0 Å². The third kappa shape index (κ3) is 2.20. The van der Waals surface area contributed by atoms with Crippen LogP contribution in [0.4, 0.5) is 0 Å². The van der Waals surface area contributed by atoms with Crippen molar-refractivity contribution in [2.45, 2.75) is 6.92 Å². The van der Waals surface area contributed by atoms with E-state index in [0.29, 0.717) is 0 Å². The first-order valence-electron chi connectivity index (χ1n) is 3.52. The lowest BCUT2D eigenvalue weighted by molar-refractivity contribution is -0.131. The van der Waals surface area contributed by atoms with Crippen molar-refractivity contribution in [3.8, 4) is 0 Å². The molecule has 62 valence electrons. The molecular formula is C9H9NO2. The minimum absolute atomic E-state index is 0.882. The first-order chi connectivity index (χ1) is 5.70. The number of carboxylic acid groups (broad SMARTS) is 1. The lowest BCUT2D eigenvalue weighted by atomic mass is 10.1. The molecule has 0 bridgehead atoms. The lowest BCUT2D eigenvalue weighted by Gasteiger charge is -1.95. The summed E-state index contributed by atoms with van der Waals surface area (Å²) in [6, 6.07) is 1.77. The molecule has 0 saturated heterocycles. The molecule has 0 amide bonds. The topological polar surface area (TPSA) is 50.2 Å². The predicted molar refractivity (Wildman–Crippen MR) is 45.6 cm³/mol. The Kier molecular flexibility index (Phi) is 2.58. The normalized spacial score (nSPS) is 10.4. The SMILES string of the molecule is Cc1cnccc1/C=C/C(=O)O. The number of carbonyl (C=O) groups is 1. The number of nitrogens with zero attached hydrogens (tertiary/aromatic N) is 1. The van der Waals surface area contributed by atoms with Gasteiger partial charge in [-0.1, -0.05) is 0 Å². The second-order valence-electron chi connectivity index (χ2n) is 2.40. The highest BCUT2D eigenvalue weighted by Gasteiger charge is 1.92. The number of aromatic nitrogens is 1. The molecule has 1 heterocycles. The van der Waals surface area contributed by atoms with E-state index in [4.69, 9.17) is 5.11 Å². The fraction of sp³-hybridized carbons (Fsp3) is 0.111. The zero-order valence-electron chi connectivity index (χ0n) is 6.69. The van der Waals surface area contributed by atoms with Gasteiger partial charge in [-0.3, -0.25) is 4.98 Å². The number of hydrogen-bond acceptors (Lipinski definition) is 2.